The number of ether oxygens (including phenoxy) is 2. The normalized spacial score (nSPS) is 13.3. The summed E-state index contributed by atoms with van der Waals surface area (Å²) in [7, 11) is 1.18. The summed E-state index contributed by atoms with van der Waals surface area (Å²) in [6, 6.07) is 0. The van der Waals surface area contributed by atoms with Gasteiger partial charge in [0, 0.05) is 12.8 Å². The van der Waals surface area contributed by atoms with Gasteiger partial charge in [0.2, 0.25) is 0 Å². The molecule has 496 valence electrons. The van der Waals surface area contributed by atoms with Crippen LogP contribution in [0, 0.1) is 0 Å². The van der Waals surface area contributed by atoms with Crippen LogP contribution in [-0.4, -0.2) is 70.0 Å². The van der Waals surface area contributed by atoms with Crippen molar-refractivity contribution in [1.82, 2.24) is 0 Å². The van der Waals surface area contributed by atoms with E-state index in [0.717, 1.165) is 51.4 Å². The van der Waals surface area contributed by atoms with Crippen LogP contribution in [-0.2, 0) is 32.7 Å². The highest BCUT2D eigenvalue weighted by Gasteiger charge is 2.22. The van der Waals surface area contributed by atoms with Gasteiger partial charge in [-0.3, -0.25) is 14.2 Å². The highest BCUT2D eigenvalue weighted by molar-refractivity contribution is 7.45. The van der Waals surface area contributed by atoms with E-state index >= 15 is 0 Å². The molecule has 0 bridgehead atoms. The number of rotatable bonds is 69. The predicted octanol–water partition coefficient (Wildman–Crippen LogP) is 23.2. The first-order valence-electron chi connectivity index (χ1n) is 36.7. The monoisotopic (exact) mass is 1200 g/mol. The van der Waals surface area contributed by atoms with Crippen LogP contribution in [0.1, 0.15) is 373 Å². The van der Waals surface area contributed by atoms with Crippen molar-refractivity contribution in [2.45, 2.75) is 380 Å². The second kappa shape index (κ2) is 65.7. The molecule has 0 N–H and O–H groups in total. The van der Waals surface area contributed by atoms with E-state index in [1.54, 1.807) is 0 Å². The van der Waals surface area contributed by atoms with Crippen molar-refractivity contribution in [3.05, 3.63) is 36.5 Å². The quantitative estimate of drug-likeness (QED) is 0.0195. The molecule has 0 heterocycles. The van der Waals surface area contributed by atoms with Gasteiger partial charge >= 0.3 is 11.9 Å². The number of carbonyl (C=O) groups is 2. The Kier molecular flexibility index (Phi) is 64.3. The summed E-state index contributed by atoms with van der Waals surface area (Å²) in [5, 5.41) is 0. The van der Waals surface area contributed by atoms with Gasteiger partial charge in [0.25, 0.3) is 7.82 Å². The van der Waals surface area contributed by atoms with Crippen molar-refractivity contribution in [3.63, 3.8) is 0 Å². The Morgan fingerprint density at radius 3 is 0.976 bits per heavy atom. The van der Waals surface area contributed by atoms with Crippen LogP contribution in [0.15, 0.2) is 36.5 Å². The van der Waals surface area contributed by atoms with E-state index < -0.39 is 26.5 Å². The summed E-state index contributed by atoms with van der Waals surface area (Å²) in [6.07, 6.45) is 84.1. The third-order valence-corrected chi connectivity index (χ3v) is 17.6. The number of nitrogens with zero attached hydrogens (tertiary/aromatic N) is 1. The Bertz CT molecular complexity index is 1510. The first-order valence-corrected chi connectivity index (χ1v) is 38.2. The molecule has 10 heteroatoms. The fraction of sp³-hybridized carbons (Fsp3) is 0.892. The largest absolute Gasteiger partial charge is 0.756 e. The molecule has 0 saturated carbocycles. The maximum Gasteiger partial charge on any atom is 0.306 e. The number of hydrogen-bond acceptors (Lipinski definition) is 8. The standard InChI is InChI=1S/C74H142NO8P/c1-6-8-10-12-14-16-18-20-22-24-26-27-28-29-30-31-32-33-34-35-36-37-38-39-40-41-42-43-44-45-46-47-49-50-52-54-56-58-60-62-64-66-73(76)80-70-72(71-82-84(78,79)81-69-68-75(3,4)5)83-74(77)67-65-63-61-59-57-55-53-51-48-25-23-21-19-17-15-13-11-9-7-2/h15,17,21,23-24,26,72H,6-14,16,18-20,22,25,27-71H2,1-5H3/b17-15-,23-21-,26-24-. The van der Waals surface area contributed by atoms with Gasteiger partial charge in [-0.15, -0.1) is 0 Å². The zero-order valence-electron chi connectivity index (χ0n) is 56.6. The highest BCUT2D eigenvalue weighted by Crippen LogP contribution is 2.38. The third-order valence-electron chi connectivity index (χ3n) is 16.6. The van der Waals surface area contributed by atoms with E-state index in [1.807, 2.05) is 21.1 Å². The predicted molar refractivity (Wildman–Crippen MR) is 361 cm³/mol. The molecule has 84 heavy (non-hydrogen) atoms. The average Bonchev–Trinajstić information content (AvgIpc) is 3.61. The molecule has 9 nitrogen and oxygen atoms in total. The van der Waals surface area contributed by atoms with Crippen LogP contribution >= 0.6 is 7.82 Å². The molecule has 0 fully saturated rings. The van der Waals surface area contributed by atoms with Crippen molar-refractivity contribution in [2.24, 2.45) is 0 Å². The molecule has 0 rings (SSSR count). The number of quaternary nitrogens is 1. The van der Waals surface area contributed by atoms with E-state index in [-0.39, 0.29) is 32.0 Å². The number of unbranched alkanes of at least 4 members (excludes halogenated alkanes) is 49. The van der Waals surface area contributed by atoms with Crippen molar-refractivity contribution >= 4 is 19.8 Å². The first kappa shape index (κ1) is 82.2. The fourth-order valence-electron chi connectivity index (χ4n) is 11.0. The minimum atomic E-state index is -4.64. The number of phosphoric acid groups is 1. The van der Waals surface area contributed by atoms with Gasteiger partial charge in [-0.05, 0) is 70.6 Å². The van der Waals surface area contributed by atoms with Crippen molar-refractivity contribution in [2.75, 3.05) is 47.5 Å². The maximum absolute atomic E-state index is 12.8. The Morgan fingerprint density at radius 1 is 0.369 bits per heavy atom. The summed E-state index contributed by atoms with van der Waals surface area (Å²) in [5.74, 6) is -0.820. The summed E-state index contributed by atoms with van der Waals surface area (Å²) in [4.78, 5) is 38.0. The maximum atomic E-state index is 12.8. The average molecular weight is 1200 g/mol. The second-order valence-corrected chi connectivity index (χ2v) is 27.7. The van der Waals surface area contributed by atoms with E-state index in [0.29, 0.717) is 17.4 Å². The van der Waals surface area contributed by atoms with Gasteiger partial charge in [0.05, 0.1) is 27.7 Å². The van der Waals surface area contributed by atoms with Gasteiger partial charge in [0.15, 0.2) is 6.10 Å². The third kappa shape index (κ3) is 69.3. The molecular weight excluding hydrogens is 1060 g/mol. The minimum absolute atomic E-state index is 0.0296. The summed E-state index contributed by atoms with van der Waals surface area (Å²) >= 11 is 0. The van der Waals surface area contributed by atoms with E-state index in [2.05, 4.69) is 50.3 Å². The zero-order chi connectivity index (χ0) is 61.2. The van der Waals surface area contributed by atoms with Gasteiger partial charge in [-0.25, -0.2) is 0 Å². The lowest BCUT2D eigenvalue weighted by Gasteiger charge is -2.28. The Balaban J connectivity index is 3.85. The number of hydrogen-bond donors (Lipinski definition) is 0. The molecule has 0 aromatic heterocycles. The lowest BCUT2D eigenvalue weighted by molar-refractivity contribution is -0.870. The number of likely N-dealkylation sites (N-methyl/N-ethyl adjacent to an activating group) is 1. The number of carbonyl (C=O) groups excluding carboxylic acids is 2. The molecule has 0 saturated heterocycles. The Hall–Kier alpha value is -1.77. The number of allylic oxidation sites excluding steroid dienone is 6. The summed E-state index contributed by atoms with van der Waals surface area (Å²) < 4.78 is 34.3. The van der Waals surface area contributed by atoms with Gasteiger partial charge in [0.1, 0.15) is 19.8 Å². The molecule has 0 aliphatic carbocycles. The minimum Gasteiger partial charge on any atom is -0.756 e. The summed E-state index contributed by atoms with van der Waals surface area (Å²) in [6.45, 7) is 4.27. The fourth-order valence-corrected chi connectivity index (χ4v) is 11.7. The van der Waals surface area contributed by atoms with Crippen LogP contribution in [0.2, 0.25) is 0 Å². The Labute approximate surface area is 522 Å². The first-order chi connectivity index (χ1) is 41.0. The van der Waals surface area contributed by atoms with Crippen LogP contribution < -0.4 is 4.89 Å². The van der Waals surface area contributed by atoms with Crippen molar-refractivity contribution in [1.29, 1.82) is 0 Å². The van der Waals surface area contributed by atoms with Crippen LogP contribution in [0.25, 0.3) is 0 Å². The van der Waals surface area contributed by atoms with Crippen LogP contribution in [0.5, 0.6) is 0 Å². The SMILES string of the molecule is CCCCC/C=C\C/C=C\CCCCCCCCCCCC(=O)OC(COC(=O)CCCCCCCCCCCCCCCCCCCCCCCCCCCCCCC/C=C\CCCCCCCCCC)COP(=O)([O-])OCC[N+](C)(C)C. The van der Waals surface area contributed by atoms with Crippen molar-refractivity contribution < 1.29 is 42.1 Å². The molecule has 0 aliphatic heterocycles. The molecule has 0 aromatic carbocycles. The lowest BCUT2D eigenvalue weighted by Crippen LogP contribution is -2.37. The van der Waals surface area contributed by atoms with E-state index in [1.165, 1.54) is 289 Å². The molecule has 2 atom stereocenters. The molecular formula is C74H142NO8P. The van der Waals surface area contributed by atoms with E-state index in [9.17, 15) is 19.0 Å². The molecule has 0 amide bonds. The zero-order valence-corrected chi connectivity index (χ0v) is 57.5. The molecule has 0 aromatic rings. The van der Waals surface area contributed by atoms with Gasteiger partial charge in [-0.1, -0.05) is 326 Å². The molecule has 2 unspecified atom stereocenters. The van der Waals surface area contributed by atoms with E-state index in [4.69, 9.17) is 18.5 Å². The van der Waals surface area contributed by atoms with Gasteiger partial charge < -0.3 is 27.9 Å². The van der Waals surface area contributed by atoms with Gasteiger partial charge in [-0.2, -0.15) is 0 Å². The molecule has 0 spiro atoms. The Morgan fingerprint density at radius 2 is 0.643 bits per heavy atom. The van der Waals surface area contributed by atoms with Crippen LogP contribution in [0.4, 0.5) is 0 Å². The number of esters is 2. The molecule has 0 radical (unpaired) electrons. The number of phosphoric ester groups is 1. The topological polar surface area (TPSA) is 111 Å². The van der Waals surface area contributed by atoms with Crippen molar-refractivity contribution in [3.8, 4) is 0 Å². The smallest absolute Gasteiger partial charge is 0.306 e. The summed E-state index contributed by atoms with van der Waals surface area (Å²) in [5.41, 5.74) is 0. The lowest BCUT2D eigenvalue weighted by atomic mass is 10.0. The van der Waals surface area contributed by atoms with Crippen LogP contribution in [0.3, 0.4) is 0 Å². The second-order valence-electron chi connectivity index (χ2n) is 26.3. The highest BCUT2D eigenvalue weighted by atomic mass is 31.2. The molecule has 0 aliphatic rings.